The molecule has 6 nitrogen and oxygen atoms in total. The predicted octanol–water partition coefficient (Wildman–Crippen LogP) is 2.25. The smallest absolute Gasteiger partial charge is 0.307 e. The molecule has 108 valence electrons. The third-order valence-corrected chi connectivity index (χ3v) is 2.89. The van der Waals surface area contributed by atoms with Gasteiger partial charge in [0.05, 0.1) is 11.4 Å². The number of nitrogens with zero attached hydrogens (tertiary/aromatic N) is 1. The average molecular weight is 307 g/mol. The fraction of sp³-hybridized carbons (Fsp3) is 0.0714. The van der Waals surface area contributed by atoms with E-state index in [1.807, 2.05) is 0 Å². The van der Waals surface area contributed by atoms with Crippen LogP contribution in [-0.2, 0) is 11.2 Å². The van der Waals surface area contributed by atoms with Crippen LogP contribution < -0.4 is 10.5 Å². The molecule has 0 bridgehead atoms. The number of halogens is 1. The van der Waals surface area contributed by atoms with Gasteiger partial charge in [-0.15, -0.1) is 0 Å². The predicted molar refractivity (Wildman–Crippen MR) is 75.6 cm³/mol. The first kappa shape index (κ1) is 14.8. The molecule has 0 saturated heterocycles. The SMILES string of the molecule is NC(=O)c1cccnc1Oc1ccc(CC(=O)O)cc1Cl. The van der Waals surface area contributed by atoms with Crippen LogP contribution in [0.4, 0.5) is 0 Å². The average Bonchev–Trinajstić information content (AvgIpc) is 2.41. The normalized spacial score (nSPS) is 10.1. The van der Waals surface area contributed by atoms with Crippen molar-refractivity contribution in [2.75, 3.05) is 0 Å². The number of amides is 1. The van der Waals surface area contributed by atoms with E-state index in [0.717, 1.165) is 0 Å². The topological polar surface area (TPSA) is 103 Å². The second kappa shape index (κ2) is 6.23. The highest BCUT2D eigenvalue weighted by atomic mass is 35.5. The lowest BCUT2D eigenvalue weighted by molar-refractivity contribution is -0.136. The second-order valence-electron chi connectivity index (χ2n) is 4.16. The van der Waals surface area contributed by atoms with Gasteiger partial charge in [0.1, 0.15) is 11.3 Å². The van der Waals surface area contributed by atoms with E-state index in [2.05, 4.69) is 4.98 Å². The van der Waals surface area contributed by atoms with Crippen molar-refractivity contribution in [2.24, 2.45) is 5.73 Å². The maximum Gasteiger partial charge on any atom is 0.307 e. The molecule has 0 aliphatic heterocycles. The summed E-state index contributed by atoms with van der Waals surface area (Å²) in [6, 6.07) is 7.61. The summed E-state index contributed by atoms with van der Waals surface area (Å²) in [7, 11) is 0. The van der Waals surface area contributed by atoms with E-state index in [1.165, 1.54) is 24.4 Å². The van der Waals surface area contributed by atoms with Crippen LogP contribution in [0.5, 0.6) is 11.6 Å². The summed E-state index contributed by atoms with van der Waals surface area (Å²) in [5.74, 6) is -1.33. The number of carboxylic acids is 1. The zero-order chi connectivity index (χ0) is 15.4. The van der Waals surface area contributed by atoms with Gasteiger partial charge in [-0.05, 0) is 29.8 Å². The van der Waals surface area contributed by atoms with Gasteiger partial charge < -0.3 is 15.6 Å². The molecule has 2 aromatic rings. The van der Waals surface area contributed by atoms with Gasteiger partial charge in [0.15, 0.2) is 0 Å². The first-order valence-corrected chi connectivity index (χ1v) is 6.28. The monoisotopic (exact) mass is 306 g/mol. The van der Waals surface area contributed by atoms with Crippen LogP contribution in [0.1, 0.15) is 15.9 Å². The Kier molecular flexibility index (Phi) is 4.39. The number of carboxylic acid groups (broad SMARTS) is 1. The Bertz CT molecular complexity index is 703. The van der Waals surface area contributed by atoms with Crippen LogP contribution in [0, 0.1) is 0 Å². The Morgan fingerprint density at radius 2 is 2.10 bits per heavy atom. The first-order chi connectivity index (χ1) is 9.97. The summed E-state index contributed by atoms with van der Waals surface area (Å²) in [4.78, 5) is 25.8. The lowest BCUT2D eigenvalue weighted by Crippen LogP contribution is -2.12. The van der Waals surface area contributed by atoms with Crippen molar-refractivity contribution in [1.82, 2.24) is 4.98 Å². The van der Waals surface area contributed by atoms with Gasteiger partial charge in [-0.1, -0.05) is 17.7 Å². The van der Waals surface area contributed by atoms with Crippen molar-refractivity contribution < 1.29 is 19.4 Å². The van der Waals surface area contributed by atoms with E-state index >= 15 is 0 Å². The molecule has 1 aromatic carbocycles. The number of nitrogens with two attached hydrogens (primary N) is 1. The van der Waals surface area contributed by atoms with E-state index < -0.39 is 11.9 Å². The number of aliphatic carboxylic acids is 1. The zero-order valence-electron chi connectivity index (χ0n) is 10.7. The number of carbonyl (C=O) groups excluding carboxylic acids is 1. The molecule has 1 heterocycles. The molecular formula is C14H11ClN2O4. The summed E-state index contributed by atoms with van der Waals surface area (Å²) in [5, 5.41) is 8.94. The molecule has 21 heavy (non-hydrogen) atoms. The summed E-state index contributed by atoms with van der Waals surface area (Å²) >= 11 is 6.03. The van der Waals surface area contributed by atoms with E-state index in [4.69, 9.17) is 27.2 Å². The highest BCUT2D eigenvalue weighted by Crippen LogP contribution is 2.30. The molecule has 2 rings (SSSR count). The standard InChI is InChI=1S/C14H11ClN2O4/c15-10-6-8(7-12(18)19)3-4-11(10)21-14-9(13(16)20)2-1-5-17-14/h1-6H,7H2,(H2,16,20)(H,18,19). The molecule has 0 atom stereocenters. The maximum absolute atomic E-state index is 11.3. The lowest BCUT2D eigenvalue weighted by atomic mass is 10.1. The number of hydrogen-bond donors (Lipinski definition) is 2. The Labute approximate surface area is 125 Å². The summed E-state index contributed by atoms with van der Waals surface area (Å²) in [5.41, 5.74) is 5.89. The Hall–Kier alpha value is -2.60. The zero-order valence-corrected chi connectivity index (χ0v) is 11.5. The van der Waals surface area contributed by atoms with Crippen molar-refractivity contribution in [2.45, 2.75) is 6.42 Å². The number of carbonyl (C=O) groups is 2. The highest BCUT2D eigenvalue weighted by molar-refractivity contribution is 6.32. The van der Waals surface area contributed by atoms with E-state index in [-0.39, 0.29) is 28.6 Å². The van der Waals surface area contributed by atoms with Crippen molar-refractivity contribution >= 4 is 23.5 Å². The molecule has 7 heteroatoms. The fourth-order valence-corrected chi connectivity index (χ4v) is 1.92. The minimum absolute atomic E-state index is 0.0397. The molecular weight excluding hydrogens is 296 g/mol. The van der Waals surface area contributed by atoms with E-state index in [9.17, 15) is 9.59 Å². The fourth-order valence-electron chi connectivity index (χ4n) is 1.68. The van der Waals surface area contributed by atoms with E-state index in [1.54, 1.807) is 12.1 Å². The summed E-state index contributed by atoms with van der Waals surface area (Å²) in [6.07, 6.45) is 1.31. The number of ether oxygens (including phenoxy) is 1. The third kappa shape index (κ3) is 3.70. The van der Waals surface area contributed by atoms with Crippen LogP contribution >= 0.6 is 11.6 Å². The number of aromatic nitrogens is 1. The van der Waals surface area contributed by atoms with Gasteiger partial charge in [-0.3, -0.25) is 9.59 Å². The van der Waals surface area contributed by atoms with Gasteiger partial charge in [0, 0.05) is 6.20 Å². The molecule has 0 radical (unpaired) electrons. The number of benzene rings is 1. The lowest BCUT2D eigenvalue weighted by Gasteiger charge is -2.10. The Morgan fingerprint density at radius 1 is 1.33 bits per heavy atom. The molecule has 0 saturated carbocycles. The van der Waals surface area contributed by atoms with Crippen LogP contribution in [0.25, 0.3) is 0 Å². The molecule has 1 aromatic heterocycles. The number of primary amides is 1. The second-order valence-corrected chi connectivity index (χ2v) is 4.56. The molecule has 1 amide bonds. The van der Waals surface area contributed by atoms with Gasteiger partial charge in [-0.2, -0.15) is 0 Å². The molecule has 3 N–H and O–H groups in total. The molecule has 0 spiro atoms. The molecule has 0 aliphatic carbocycles. The Morgan fingerprint density at radius 3 is 2.71 bits per heavy atom. The van der Waals surface area contributed by atoms with Gasteiger partial charge in [-0.25, -0.2) is 4.98 Å². The molecule has 0 fully saturated rings. The molecule has 0 aliphatic rings. The number of rotatable bonds is 5. The van der Waals surface area contributed by atoms with Crippen molar-refractivity contribution in [3.8, 4) is 11.6 Å². The largest absolute Gasteiger partial charge is 0.481 e. The van der Waals surface area contributed by atoms with Crippen LogP contribution in [0.15, 0.2) is 36.5 Å². The van der Waals surface area contributed by atoms with Crippen LogP contribution in [-0.4, -0.2) is 22.0 Å². The van der Waals surface area contributed by atoms with E-state index in [0.29, 0.717) is 5.56 Å². The van der Waals surface area contributed by atoms with Crippen LogP contribution in [0.3, 0.4) is 0 Å². The van der Waals surface area contributed by atoms with Gasteiger partial charge >= 0.3 is 5.97 Å². The third-order valence-electron chi connectivity index (χ3n) is 2.59. The Balaban J connectivity index is 2.28. The quantitative estimate of drug-likeness (QED) is 0.882. The number of pyridine rings is 1. The highest BCUT2D eigenvalue weighted by Gasteiger charge is 2.13. The number of hydrogen-bond acceptors (Lipinski definition) is 4. The summed E-state index contributed by atoms with van der Waals surface area (Å²) < 4.78 is 5.47. The van der Waals surface area contributed by atoms with Crippen molar-refractivity contribution in [1.29, 1.82) is 0 Å². The maximum atomic E-state index is 11.3. The van der Waals surface area contributed by atoms with Crippen molar-refractivity contribution in [3.63, 3.8) is 0 Å². The van der Waals surface area contributed by atoms with Crippen LogP contribution in [0.2, 0.25) is 5.02 Å². The summed E-state index contributed by atoms with van der Waals surface area (Å²) in [6.45, 7) is 0. The van der Waals surface area contributed by atoms with Gasteiger partial charge in [0.2, 0.25) is 5.88 Å². The molecule has 0 unspecified atom stereocenters. The van der Waals surface area contributed by atoms with Gasteiger partial charge in [0.25, 0.3) is 5.91 Å². The first-order valence-electron chi connectivity index (χ1n) is 5.90. The minimum Gasteiger partial charge on any atom is -0.481 e. The van der Waals surface area contributed by atoms with Crippen molar-refractivity contribution in [3.05, 3.63) is 52.7 Å². The minimum atomic E-state index is -0.958.